The van der Waals surface area contributed by atoms with Gasteiger partial charge in [-0.15, -0.1) is 0 Å². The Labute approximate surface area is 136 Å². The summed E-state index contributed by atoms with van der Waals surface area (Å²) in [7, 11) is -3.59. The summed E-state index contributed by atoms with van der Waals surface area (Å²) < 4.78 is 39.0. The second-order valence-corrected chi connectivity index (χ2v) is 7.35. The zero-order valence-corrected chi connectivity index (χ0v) is 13.8. The van der Waals surface area contributed by atoms with E-state index in [1.165, 1.54) is 0 Å². The molecule has 2 aromatic carbocycles. The Balaban J connectivity index is 1.72. The highest BCUT2D eigenvalue weighted by atomic mass is 32.2. The molecule has 1 aliphatic rings. The maximum absolute atomic E-state index is 12.4. The minimum Gasteiger partial charge on any atom is -0.486 e. The van der Waals surface area contributed by atoms with Gasteiger partial charge in [0.2, 0.25) is 10.0 Å². The van der Waals surface area contributed by atoms with Crippen LogP contribution >= 0.6 is 0 Å². The van der Waals surface area contributed by atoms with Gasteiger partial charge < -0.3 is 9.47 Å². The fourth-order valence-electron chi connectivity index (χ4n) is 2.39. The number of fused-ring (bicyclic) bond motifs is 1. The molecule has 1 heterocycles. The van der Waals surface area contributed by atoms with E-state index >= 15 is 0 Å². The van der Waals surface area contributed by atoms with E-state index in [-0.39, 0.29) is 11.0 Å². The van der Waals surface area contributed by atoms with E-state index in [0.717, 1.165) is 5.56 Å². The maximum Gasteiger partial charge on any atom is 0.240 e. The van der Waals surface area contributed by atoms with E-state index in [1.807, 2.05) is 31.2 Å². The average Bonchev–Trinajstić information content (AvgIpc) is 2.54. The number of aryl methyl sites for hydroxylation is 1. The van der Waals surface area contributed by atoms with Crippen LogP contribution in [-0.4, -0.2) is 27.2 Å². The molecule has 1 N–H and O–H groups in total. The molecule has 0 saturated carbocycles. The van der Waals surface area contributed by atoms with Gasteiger partial charge in [-0.2, -0.15) is 0 Å². The van der Waals surface area contributed by atoms with Crippen LogP contribution < -0.4 is 14.2 Å². The summed E-state index contributed by atoms with van der Waals surface area (Å²) in [5.41, 5.74) is 1.01. The largest absolute Gasteiger partial charge is 0.486 e. The van der Waals surface area contributed by atoms with Gasteiger partial charge in [-0.1, -0.05) is 29.8 Å². The highest BCUT2D eigenvalue weighted by molar-refractivity contribution is 7.89. The number of para-hydroxylation sites is 2. The SMILES string of the molecule is Cc1ccc(S(=O)(=O)N[C@H](C)[C@@H]2COc3ccccc3O2)cc1. The fraction of sp³-hybridized carbons (Fsp3) is 0.294. The third-order valence-corrected chi connectivity index (χ3v) is 5.34. The molecule has 0 fully saturated rings. The van der Waals surface area contributed by atoms with E-state index in [4.69, 9.17) is 9.47 Å². The van der Waals surface area contributed by atoms with Crippen LogP contribution in [0.25, 0.3) is 0 Å². The lowest BCUT2D eigenvalue weighted by Gasteiger charge is -2.30. The van der Waals surface area contributed by atoms with Gasteiger partial charge in [0, 0.05) is 0 Å². The molecule has 6 heteroatoms. The van der Waals surface area contributed by atoms with Crippen molar-refractivity contribution in [2.45, 2.75) is 30.9 Å². The van der Waals surface area contributed by atoms with Gasteiger partial charge in [0.25, 0.3) is 0 Å². The summed E-state index contributed by atoms with van der Waals surface area (Å²) in [6.45, 7) is 3.99. The first kappa shape index (κ1) is 15.8. The number of hydrogen-bond donors (Lipinski definition) is 1. The maximum atomic E-state index is 12.4. The zero-order chi connectivity index (χ0) is 16.4. The average molecular weight is 333 g/mol. The summed E-state index contributed by atoms with van der Waals surface area (Å²) in [6, 6.07) is 13.7. The molecule has 0 saturated heterocycles. The third kappa shape index (κ3) is 3.48. The molecule has 0 radical (unpaired) electrons. The highest BCUT2D eigenvalue weighted by Crippen LogP contribution is 2.31. The second kappa shape index (κ2) is 6.22. The Morgan fingerprint density at radius 2 is 1.74 bits per heavy atom. The Bertz CT molecular complexity index is 786. The Morgan fingerprint density at radius 3 is 2.43 bits per heavy atom. The van der Waals surface area contributed by atoms with Gasteiger partial charge in [0.15, 0.2) is 11.5 Å². The van der Waals surface area contributed by atoms with Gasteiger partial charge in [-0.05, 0) is 38.1 Å². The van der Waals surface area contributed by atoms with Crippen molar-refractivity contribution in [3.05, 3.63) is 54.1 Å². The van der Waals surface area contributed by atoms with E-state index in [0.29, 0.717) is 18.1 Å². The van der Waals surface area contributed by atoms with Crippen molar-refractivity contribution >= 4 is 10.0 Å². The van der Waals surface area contributed by atoms with E-state index in [1.54, 1.807) is 31.2 Å². The fourth-order valence-corrected chi connectivity index (χ4v) is 3.66. The van der Waals surface area contributed by atoms with Gasteiger partial charge in [0.1, 0.15) is 12.7 Å². The molecule has 23 heavy (non-hydrogen) atoms. The minimum atomic E-state index is -3.59. The Kier molecular flexibility index (Phi) is 4.28. The topological polar surface area (TPSA) is 64.6 Å². The molecule has 2 aromatic rings. The van der Waals surface area contributed by atoms with Crippen molar-refractivity contribution in [1.29, 1.82) is 0 Å². The minimum absolute atomic E-state index is 0.243. The van der Waals surface area contributed by atoms with Crippen LogP contribution in [0.4, 0.5) is 0 Å². The quantitative estimate of drug-likeness (QED) is 0.934. The van der Waals surface area contributed by atoms with Crippen molar-refractivity contribution in [3.63, 3.8) is 0 Å². The predicted molar refractivity (Wildman–Crippen MR) is 87.3 cm³/mol. The first-order chi connectivity index (χ1) is 11.0. The summed E-state index contributed by atoms with van der Waals surface area (Å²) in [6.07, 6.45) is -0.384. The number of ether oxygens (including phenoxy) is 2. The molecule has 0 spiro atoms. The van der Waals surface area contributed by atoms with Crippen LogP contribution in [-0.2, 0) is 10.0 Å². The smallest absolute Gasteiger partial charge is 0.240 e. The van der Waals surface area contributed by atoms with Gasteiger partial charge in [0.05, 0.1) is 10.9 Å². The lowest BCUT2D eigenvalue weighted by Crippen LogP contribution is -2.48. The molecular weight excluding hydrogens is 314 g/mol. The first-order valence-corrected chi connectivity index (χ1v) is 8.91. The molecule has 5 nitrogen and oxygen atoms in total. The van der Waals surface area contributed by atoms with Crippen molar-refractivity contribution < 1.29 is 17.9 Å². The molecular formula is C17H19NO4S. The molecule has 0 aromatic heterocycles. The van der Waals surface area contributed by atoms with Crippen LogP contribution in [0.1, 0.15) is 12.5 Å². The molecule has 0 bridgehead atoms. The number of rotatable bonds is 4. The molecule has 0 amide bonds. The standard InChI is InChI=1S/C17H19NO4S/c1-12-7-9-14(10-8-12)23(19,20)18-13(2)17-11-21-15-5-3-4-6-16(15)22-17/h3-10,13,17-18H,11H2,1-2H3/t13-,17+/m1/s1. The number of benzene rings is 2. The summed E-state index contributed by atoms with van der Waals surface area (Å²) in [4.78, 5) is 0.243. The third-order valence-electron chi connectivity index (χ3n) is 3.76. The Morgan fingerprint density at radius 1 is 1.09 bits per heavy atom. The monoisotopic (exact) mass is 333 g/mol. The number of hydrogen-bond acceptors (Lipinski definition) is 4. The Hall–Kier alpha value is -2.05. The van der Waals surface area contributed by atoms with Crippen LogP contribution in [0.5, 0.6) is 11.5 Å². The molecule has 2 atom stereocenters. The lowest BCUT2D eigenvalue weighted by atomic mass is 10.2. The summed E-state index contributed by atoms with van der Waals surface area (Å²) >= 11 is 0. The van der Waals surface area contributed by atoms with Gasteiger partial charge >= 0.3 is 0 Å². The van der Waals surface area contributed by atoms with Gasteiger partial charge in [-0.3, -0.25) is 0 Å². The van der Waals surface area contributed by atoms with Crippen molar-refractivity contribution in [2.24, 2.45) is 0 Å². The summed E-state index contributed by atoms with van der Waals surface area (Å²) in [5.74, 6) is 1.31. The predicted octanol–water partition coefficient (Wildman–Crippen LogP) is 2.50. The molecule has 0 aliphatic carbocycles. The van der Waals surface area contributed by atoms with Crippen molar-refractivity contribution in [2.75, 3.05) is 6.61 Å². The second-order valence-electron chi connectivity index (χ2n) is 5.64. The number of sulfonamides is 1. The van der Waals surface area contributed by atoms with Crippen LogP contribution in [0.15, 0.2) is 53.4 Å². The number of nitrogens with one attached hydrogen (secondary N) is 1. The van der Waals surface area contributed by atoms with E-state index < -0.39 is 16.1 Å². The molecule has 1 aliphatic heterocycles. The van der Waals surface area contributed by atoms with Gasteiger partial charge in [-0.25, -0.2) is 13.1 Å². The van der Waals surface area contributed by atoms with Crippen LogP contribution in [0, 0.1) is 6.92 Å². The zero-order valence-electron chi connectivity index (χ0n) is 13.0. The molecule has 122 valence electrons. The molecule has 0 unspecified atom stereocenters. The van der Waals surface area contributed by atoms with Crippen molar-refractivity contribution in [1.82, 2.24) is 4.72 Å². The normalized spacial score (nSPS) is 18.4. The van der Waals surface area contributed by atoms with Crippen LogP contribution in [0.3, 0.4) is 0 Å². The lowest BCUT2D eigenvalue weighted by molar-refractivity contribution is 0.0725. The summed E-state index contributed by atoms with van der Waals surface area (Å²) in [5, 5.41) is 0. The van der Waals surface area contributed by atoms with Crippen LogP contribution in [0.2, 0.25) is 0 Å². The highest BCUT2D eigenvalue weighted by Gasteiger charge is 2.29. The first-order valence-electron chi connectivity index (χ1n) is 7.43. The van der Waals surface area contributed by atoms with Crippen molar-refractivity contribution in [3.8, 4) is 11.5 Å². The van der Waals surface area contributed by atoms with E-state index in [9.17, 15) is 8.42 Å². The van der Waals surface area contributed by atoms with E-state index in [2.05, 4.69) is 4.72 Å². The molecule has 3 rings (SSSR count).